The highest BCUT2D eigenvalue weighted by Gasteiger charge is 2.26. The SMILES string of the molecule is CN(C)S(=O)(=O)n1cc(C[C@H]2CN=C(c3cc(Br)c(Br)[nH]3)O2)nc1N=[N+]=[N-]. The van der Waals surface area contributed by atoms with Crippen molar-refractivity contribution < 1.29 is 13.2 Å². The van der Waals surface area contributed by atoms with E-state index >= 15 is 0 Å². The molecule has 1 N–H and O–H groups in total. The van der Waals surface area contributed by atoms with Crippen LogP contribution in [0.2, 0.25) is 0 Å². The number of ether oxygens (including phenoxy) is 1. The predicted molar refractivity (Wildman–Crippen MR) is 105 cm³/mol. The summed E-state index contributed by atoms with van der Waals surface area (Å²) in [7, 11) is -1.11. The van der Waals surface area contributed by atoms with E-state index in [1.165, 1.54) is 20.3 Å². The van der Waals surface area contributed by atoms with Gasteiger partial charge in [0.15, 0.2) is 0 Å². The molecule has 1 aliphatic rings. The standard InChI is InChI=1S/C13H14Br2N8O3S/c1-22(2)27(24,25)23-6-7(18-13(23)20-21-16)3-8-5-17-12(26-8)10-4-9(14)11(15)19-10/h4,6,8,19H,3,5H2,1-2H3/t8-/m0/s1. The highest BCUT2D eigenvalue weighted by Crippen LogP contribution is 2.26. The van der Waals surface area contributed by atoms with E-state index in [0.717, 1.165) is 17.4 Å². The Morgan fingerprint density at radius 1 is 1.52 bits per heavy atom. The van der Waals surface area contributed by atoms with Crippen molar-refractivity contribution in [1.82, 2.24) is 18.2 Å². The Balaban J connectivity index is 1.78. The monoisotopic (exact) mass is 520 g/mol. The van der Waals surface area contributed by atoms with E-state index in [-0.39, 0.29) is 12.1 Å². The summed E-state index contributed by atoms with van der Waals surface area (Å²) in [5.41, 5.74) is 9.80. The predicted octanol–water partition coefficient (Wildman–Crippen LogP) is 2.72. The molecule has 1 aliphatic heterocycles. The smallest absolute Gasteiger partial charge is 0.308 e. The van der Waals surface area contributed by atoms with Gasteiger partial charge in [0.05, 0.1) is 21.3 Å². The first kappa shape index (κ1) is 19.9. The zero-order valence-electron chi connectivity index (χ0n) is 14.2. The first-order valence-electron chi connectivity index (χ1n) is 7.54. The number of aromatic amines is 1. The molecule has 2 aromatic rings. The Hall–Kier alpha value is -1.86. The molecule has 0 fully saturated rings. The molecule has 0 saturated carbocycles. The van der Waals surface area contributed by atoms with E-state index in [4.69, 9.17) is 10.3 Å². The fourth-order valence-corrected chi connectivity index (χ4v) is 3.92. The van der Waals surface area contributed by atoms with Gasteiger partial charge < -0.3 is 9.72 Å². The number of aliphatic imine (C=N–C) groups is 1. The maximum Gasteiger partial charge on any atom is 0.308 e. The van der Waals surface area contributed by atoms with Crippen LogP contribution < -0.4 is 0 Å². The molecule has 2 aromatic heterocycles. The minimum absolute atomic E-state index is 0.252. The lowest BCUT2D eigenvalue weighted by Crippen LogP contribution is -2.28. The number of nitrogens with zero attached hydrogens (tertiary/aromatic N) is 7. The van der Waals surface area contributed by atoms with Gasteiger partial charge in [-0.3, -0.25) is 0 Å². The van der Waals surface area contributed by atoms with E-state index in [1.54, 1.807) is 0 Å². The summed E-state index contributed by atoms with van der Waals surface area (Å²) in [6.07, 6.45) is 1.31. The summed E-state index contributed by atoms with van der Waals surface area (Å²) in [5, 5.41) is 3.37. The maximum absolute atomic E-state index is 12.3. The van der Waals surface area contributed by atoms with Crippen LogP contribution in [0, 0.1) is 0 Å². The molecule has 0 bridgehead atoms. The van der Waals surface area contributed by atoms with Crippen LogP contribution in [0.5, 0.6) is 0 Å². The topological polar surface area (TPSA) is 141 Å². The van der Waals surface area contributed by atoms with Crippen molar-refractivity contribution in [3.05, 3.63) is 43.2 Å². The quantitative estimate of drug-likeness (QED) is 0.354. The van der Waals surface area contributed by atoms with Crippen molar-refractivity contribution in [2.75, 3.05) is 20.6 Å². The van der Waals surface area contributed by atoms with Crippen LogP contribution in [0.15, 0.2) is 31.4 Å². The number of hydrogen-bond donors (Lipinski definition) is 1. The molecule has 3 rings (SSSR count). The Morgan fingerprint density at radius 3 is 2.85 bits per heavy atom. The number of imidazole rings is 1. The van der Waals surface area contributed by atoms with Gasteiger partial charge in [0, 0.05) is 31.6 Å². The average molecular weight is 522 g/mol. The molecule has 27 heavy (non-hydrogen) atoms. The second-order valence-electron chi connectivity index (χ2n) is 5.74. The van der Waals surface area contributed by atoms with Crippen LogP contribution >= 0.6 is 31.9 Å². The van der Waals surface area contributed by atoms with Crippen molar-refractivity contribution in [3.8, 4) is 0 Å². The number of hydrogen-bond acceptors (Lipinski definition) is 6. The number of rotatable bonds is 6. The van der Waals surface area contributed by atoms with Crippen molar-refractivity contribution in [2.45, 2.75) is 12.5 Å². The Bertz CT molecular complexity index is 1030. The fraction of sp³-hybridized carbons (Fsp3) is 0.385. The van der Waals surface area contributed by atoms with Crippen molar-refractivity contribution >= 4 is 53.9 Å². The van der Waals surface area contributed by atoms with Crippen LogP contribution in [0.25, 0.3) is 10.4 Å². The van der Waals surface area contributed by atoms with Gasteiger partial charge in [-0.2, -0.15) is 12.7 Å². The van der Waals surface area contributed by atoms with Crippen molar-refractivity contribution in [1.29, 1.82) is 0 Å². The Labute approximate surface area is 171 Å². The summed E-state index contributed by atoms with van der Waals surface area (Å²) < 4.78 is 34.0. The van der Waals surface area contributed by atoms with Gasteiger partial charge in [-0.1, -0.05) is 0 Å². The van der Waals surface area contributed by atoms with Gasteiger partial charge in [0.25, 0.3) is 0 Å². The molecule has 0 amide bonds. The summed E-state index contributed by atoms with van der Waals surface area (Å²) >= 11 is 6.75. The number of nitrogens with one attached hydrogen (secondary N) is 1. The number of halogens is 2. The van der Waals surface area contributed by atoms with Crippen LogP contribution in [-0.2, 0) is 21.4 Å². The third kappa shape index (κ3) is 4.04. The molecular weight excluding hydrogens is 508 g/mol. The van der Waals surface area contributed by atoms with Gasteiger partial charge in [-0.25, -0.2) is 13.9 Å². The molecule has 144 valence electrons. The molecule has 0 saturated heterocycles. The normalized spacial score (nSPS) is 16.9. The van der Waals surface area contributed by atoms with Gasteiger partial charge >= 0.3 is 10.2 Å². The highest BCUT2D eigenvalue weighted by atomic mass is 79.9. The first-order chi connectivity index (χ1) is 12.7. The van der Waals surface area contributed by atoms with Crippen molar-refractivity contribution in [3.63, 3.8) is 0 Å². The lowest BCUT2D eigenvalue weighted by Gasteiger charge is -2.12. The third-order valence-corrected chi connectivity index (χ3v) is 7.13. The van der Waals surface area contributed by atoms with Gasteiger partial charge in [0.2, 0.25) is 11.8 Å². The molecule has 3 heterocycles. The largest absolute Gasteiger partial charge is 0.471 e. The van der Waals surface area contributed by atoms with Crippen LogP contribution in [0.1, 0.15) is 11.4 Å². The van der Waals surface area contributed by atoms with E-state index < -0.39 is 10.2 Å². The zero-order valence-corrected chi connectivity index (χ0v) is 18.2. The van der Waals surface area contributed by atoms with E-state index in [2.05, 4.69) is 56.8 Å². The molecule has 0 unspecified atom stereocenters. The van der Waals surface area contributed by atoms with E-state index in [0.29, 0.717) is 30.3 Å². The number of H-pyrrole nitrogens is 1. The summed E-state index contributed by atoms with van der Waals surface area (Å²) in [6, 6.07) is 1.84. The summed E-state index contributed by atoms with van der Waals surface area (Å²) in [4.78, 5) is 14.2. The molecule has 0 radical (unpaired) electrons. The average Bonchev–Trinajstić information content (AvgIpc) is 3.29. The lowest BCUT2D eigenvalue weighted by molar-refractivity contribution is 0.223. The molecule has 1 atom stereocenters. The Kier molecular flexibility index (Phi) is 5.63. The van der Waals surface area contributed by atoms with Crippen LogP contribution in [-0.4, -0.2) is 59.3 Å². The summed E-state index contributed by atoms with van der Waals surface area (Å²) in [6.45, 7) is 0.397. The second-order valence-corrected chi connectivity index (χ2v) is 9.41. The number of azide groups is 1. The molecule has 14 heteroatoms. The van der Waals surface area contributed by atoms with E-state index in [9.17, 15) is 8.42 Å². The molecule has 0 aromatic carbocycles. The molecule has 0 spiro atoms. The van der Waals surface area contributed by atoms with Gasteiger partial charge in [-0.15, -0.1) is 0 Å². The van der Waals surface area contributed by atoms with Crippen LogP contribution in [0.4, 0.5) is 5.95 Å². The summed E-state index contributed by atoms with van der Waals surface area (Å²) in [5.74, 6) is 0.208. The molecular formula is C13H14Br2N8O3S. The Morgan fingerprint density at radius 2 is 2.26 bits per heavy atom. The third-order valence-electron chi connectivity index (χ3n) is 3.66. The van der Waals surface area contributed by atoms with Crippen LogP contribution in [0.3, 0.4) is 0 Å². The molecule has 11 nitrogen and oxygen atoms in total. The highest BCUT2D eigenvalue weighted by molar-refractivity contribution is 9.13. The van der Waals surface area contributed by atoms with Crippen molar-refractivity contribution in [2.24, 2.45) is 10.1 Å². The molecule has 0 aliphatic carbocycles. The first-order valence-corrected chi connectivity index (χ1v) is 10.5. The minimum Gasteiger partial charge on any atom is -0.471 e. The van der Waals surface area contributed by atoms with Gasteiger partial charge in [0.1, 0.15) is 11.8 Å². The van der Waals surface area contributed by atoms with E-state index in [1.807, 2.05) is 6.07 Å². The zero-order chi connectivity index (χ0) is 19.8. The van der Waals surface area contributed by atoms with Gasteiger partial charge in [-0.05, 0) is 48.6 Å². The maximum atomic E-state index is 12.3. The lowest BCUT2D eigenvalue weighted by atomic mass is 10.2. The minimum atomic E-state index is -3.86. The fourth-order valence-electron chi connectivity index (χ4n) is 2.37. The second kappa shape index (κ2) is 7.64. The number of aromatic nitrogens is 3.